The SMILES string of the molecule is CCc1nn(C)cc1C(=O)NCC(C)Br. The van der Waals surface area contributed by atoms with Crippen LogP contribution in [0.1, 0.15) is 29.9 Å². The molecule has 1 atom stereocenters. The summed E-state index contributed by atoms with van der Waals surface area (Å²) in [5.41, 5.74) is 1.52. The molecule has 0 aliphatic carbocycles. The minimum atomic E-state index is -0.0498. The molecule has 1 N–H and O–H groups in total. The van der Waals surface area contributed by atoms with Crippen molar-refractivity contribution in [1.29, 1.82) is 0 Å². The van der Waals surface area contributed by atoms with Gasteiger partial charge in [0, 0.05) is 24.6 Å². The van der Waals surface area contributed by atoms with Gasteiger partial charge in [-0.3, -0.25) is 9.48 Å². The molecule has 0 fully saturated rings. The van der Waals surface area contributed by atoms with E-state index in [2.05, 4.69) is 26.3 Å². The fourth-order valence-corrected chi connectivity index (χ4v) is 1.48. The molecule has 0 aromatic carbocycles. The number of amides is 1. The minimum absolute atomic E-state index is 0.0498. The van der Waals surface area contributed by atoms with Gasteiger partial charge in [0.05, 0.1) is 11.3 Å². The topological polar surface area (TPSA) is 46.9 Å². The smallest absolute Gasteiger partial charge is 0.254 e. The molecule has 1 amide bonds. The van der Waals surface area contributed by atoms with Gasteiger partial charge in [0.2, 0.25) is 0 Å². The predicted molar refractivity (Wildman–Crippen MR) is 63.3 cm³/mol. The number of nitrogens with one attached hydrogen (secondary N) is 1. The maximum Gasteiger partial charge on any atom is 0.254 e. The number of rotatable bonds is 4. The molecule has 0 bridgehead atoms. The fourth-order valence-electron chi connectivity index (χ4n) is 1.31. The van der Waals surface area contributed by atoms with Crippen LogP contribution < -0.4 is 5.32 Å². The second kappa shape index (κ2) is 5.30. The van der Waals surface area contributed by atoms with E-state index in [1.165, 1.54) is 0 Å². The van der Waals surface area contributed by atoms with Crippen molar-refractivity contribution in [3.63, 3.8) is 0 Å². The lowest BCUT2D eigenvalue weighted by molar-refractivity contribution is 0.0953. The zero-order chi connectivity index (χ0) is 11.4. The van der Waals surface area contributed by atoms with Gasteiger partial charge in [-0.25, -0.2) is 0 Å². The largest absolute Gasteiger partial charge is 0.351 e. The Labute approximate surface area is 98.2 Å². The molecule has 0 radical (unpaired) electrons. The molecule has 0 saturated heterocycles. The third-order valence-electron chi connectivity index (χ3n) is 2.03. The van der Waals surface area contributed by atoms with Crippen LogP contribution in [-0.2, 0) is 13.5 Å². The van der Waals surface area contributed by atoms with Gasteiger partial charge in [-0.05, 0) is 6.42 Å². The Kier molecular flexibility index (Phi) is 4.32. The fraction of sp³-hybridized carbons (Fsp3) is 0.600. The quantitative estimate of drug-likeness (QED) is 0.846. The van der Waals surface area contributed by atoms with Gasteiger partial charge in [0.25, 0.3) is 5.91 Å². The highest BCUT2D eigenvalue weighted by atomic mass is 79.9. The van der Waals surface area contributed by atoms with E-state index in [4.69, 9.17) is 0 Å². The zero-order valence-electron chi connectivity index (χ0n) is 9.25. The monoisotopic (exact) mass is 273 g/mol. The van der Waals surface area contributed by atoms with Crippen molar-refractivity contribution >= 4 is 21.8 Å². The summed E-state index contributed by atoms with van der Waals surface area (Å²) in [6.07, 6.45) is 2.53. The van der Waals surface area contributed by atoms with Gasteiger partial charge in [-0.15, -0.1) is 0 Å². The molecule has 1 aromatic heterocycles. The molecule has 4 nitrogen and oxygen atoms in total. The van der Waals surface area contributed by atoms with Gasteiger partial charge in [0.1, 0.15) is 0 Å². The van der Waals surface area contributed by atoms with Crippen LogP contribution in [0.3, 0.4) is 0 Å². The average molecular weight is 274 g/mol. The first kappa shape index (κ1) is 12.2. The van der Waals surface area contributed by atoms with Crippen molar-refractivity contribution in [3.05, 3.63) is 17.5 Å². The van der Waals surface area contributed by atoms with Crippen molar-refractivity contribution in [3.8, 4) is 0 Å². The number of halogens is 1. The first-order valence-corrected chi connectivity index (χ1v) is 5.91. The van der Waals surface area contributed by atoms with E-state index < -0.39 is 0 Å². The maximum atomic E-state index is 11.8. The summed E-state index contributed by atoms with van der Waals surface area (Å²) in [6.45, 7) is 4.60. The Balaban J connectivity index is 2.72. The van der Waals surface area contributed by atoms with Crippen LogP contribution in [0.15, 0.2) is 6.20 Å². The molecular weight excluding hydrogens is 258 g/mol. The summed E-state index contributed by atoms with van der Waals surface area (Å²) in [5.74, 6) is -0.0498. The maximum absolute atomic E-state index is 11.8. The number of hydrogen-bond donors (Lipinski definition) is 1. The van der Waals surface area contributed by atoms with Gasteiger partial charge in [-0.1, -0.05) is 29.8 Å². The predicted octanol–water partition coefficient (Wildman–Crippen LogP) is 1.50. The third-order valence-corrected chi connectivity index (χ3v) is 2.35. The Bertz CT molecular complexity index is 346. The van der Waals surface area contributed by atoms with Crippen LogP contribution in [0, 0.1) is 0 Å². The second-order valence-electron chi connectivity index (χ2n) is 3.51. The van der Waals surface area contributed by atoms with Crippen molar-refractivity contribution < 1.29 is 4.79 Å². The third kappa shape index (κ3) is 3.34. The Morgan fingerprint density at radius 3 is 2.93 bits per heavy atom. The average Bonchev–Trinajstić information content (AvgIpc) is 2.56. The highest BCUT2D eigenvalue weighted by Gasteiger charge is 2.13. The molecule has 1 rings (SSSR count). The van der Waals surface area contributed by atoms with E-state index in [0.717, 1.165) is 12.1 Å². The first-order chi connectivity index (χ1) is 7.04. The van der Waals surface area contributed by atoms with Gasteiger partial charge < -0.3 is 5.32 Å². The van der Waals surface area contributed by atoms with Crippen LogP contribution in [0.5, 0.6) is 0 Å². The second-order valence-corrected chi connectivity index (χ2v) is 5.07. The van der Waals surface area contributed by atoms with E-state index in [1.54, 1.807) is 10.9 Å². The Hall–Kier alpha value is -0.840. The number of aromatic nitrogens is 2. The van der Waals surface area contributed by atoms with E-state index in [0.29, 0.717) is 12.1 Å². The van der Waals surface area contributed by atoms with Crippen molar-refractivity contribution in [1.82, 2.24) is 15.1 Å². The minimum Gasteiger partial charge on any atom is -0.351 e. The van der Waals surface area contributed by atoms with Crippen LogP contribution in [0.25, 0.3) is 0 Å². The van der Waals surface area contributed by atoms with Crippen molar-refractivity contribution in [2.75, 3.05) is 6.54 Å². The molecule has 1 unspecified atom stereocenters. The molecule has 0 aliphatic rings. The molecule has 15 heavy (non-hydrogen) atoms. The van der Waals surface area contributed by atoms with Crippen LogP contribution in [0.4, 0.5) is 0 Å². The highest BCUT2D eigenvalue weighted by Crippen LogP contribution is 2.07. The van der Waals surface area contributed by atoms with Crippen LogP contribution >= 0.6 is 15.9 Å². The molecular formula is C10H16BrN3O. The Morgan fingerprint density at radius 2 is 2.40 bits per heavy atom. The van der Waals surface area contributed by atoms with Gasteiger partial charge in [-0.2, -0.15) is 5.10 Å². The molecule has 5 heteroatoms. The van der Waals surface area contributed by atoms with Gasteiger partial charge in [0.15, 0.2) is 0 Å². The summed E-state index contributed by atoms with van der Waals surface area (Å²) in [5, 5.41) is 7.07. The molecule has 1 heterocycles. The number of alkyl halides is 1. The summed E-state index contributed by atoms with van der Waals surface area (Å²) < 4.78 is 1.67. The molecule has 0 spiro atoms. The number of carbonyl (C=O) groups is 1. The molecule has 84 valence electrons. The van der Waals surface area contributed by atoms with Crippen LogP contribution in [-0.4, -0.2) is 27.1 Å². The van der Waals surface area contributed by atoms with E-state index in [-0.39, 0.29) is 10.7 Å². The number of hydrogen-bond acceptors (Lipinski definition) is 2. The lowest BCUT2D eigenvalue weighted by Gasteiger charge is -2.05. The number of carbonyl (C=O) groups excluding carboxylic acids is 1. The zero-order valence-corrected chi connectivity index (χ0v) is 10.8. The van der Waals surface area contributed by atoms with E-state index in [1.807, 2.05) is 20.9 Å². The normalized spacial score (nSPS) is 12.5. The van der Waals surface area contributed by atoms with Crippen molar-refractivity contribution in [2.24, 2.45) is 7.05 Å². The summed E-state index contributed by atoms with van der Waals surface area (Å²) in [7, 11) is 1.82. The van der Waals surface area contributed by atoms with E-state index in [9.17, 15) is 4.79 Å². The van der Waals surface area contributed by atoms with Gasteiger partial charge >= 0.3 is 0 Å². The summed E-state index contributed by atoms with van der Waals surface area (Å²) >= 11 is 3.38. The first-order valence-electron chi connectivity index (χ1n) is 4.99. The summed E-state index contributed by atoms with van der Waals surface area (Å²) in [6, 6.07) is 0. The highest BCUT2D eigenvalue weighted by molar-refractivity contribution is 9.09. The number of nitrogens with zero attached hydrogens (tertiary/aromatic N) is 2. The van der Waals surface area contributed by atoms with Crippen LogP contribution in [0.2, 0.25) is 0 Å². The lowest BCUT2D eigenvalue weighted by Crippen LogP contribution is -2.28. The Morgan fingerprint density at radius 1 is 1.73 bits per heavy atom. The standard InChI is InChI=1S/C10H16BrN3O/c1-4-9-8(6-14(3)13-9)10(15)12-5-7(2)11/h6-7H,4-5H2,1-3H3,(H,12,15). The molecule has 1 aromatic rings. The lowest BCUT2D eigenvalue weighted by atomic mass is 10.2. The number of aryl methyl sites for hydroxylation is 2. The summed E-state index contributed by atoms with van der Waals surface area (Å²) in [4.78, 5) is 12.0. The molecule has 0 saturated carbocycles. The van der Waals surface area contributed by atoms with Crippen molar-refractivity contribution in [2.45, 2.75) is 25.1 Å². The van der Waals surface area contributed by atoms with E-state index >= 15 is 0 Å². The molecule has 0 aliphatic heterocycles.